The van der Waals surface area contributed by atoms with Crippen LogP contribution < -0.4 is 0 Å². The van der Waals surface area contributed by atoms with E-state index in [1.165, 1.54) is 26.4 Å². The number of fused-ring (bicyclic) bond motifs is 5. The van der Waals surface area contributed by atoms with E-state index in [4.69, 9.17) is 29.0 Å². The third-order valence-electron chi connectivity index (χ3n) is 13.1. The molecule has 2 spiro atoms. The molecule has 8 heteroatoms. The maximum absolute atomic E-state index is 12.5. The van der Waals surface area contributed by atoms with Crippen molar-refractivity contribution in [2.24, 2.45) is 46.3 Å². The molecule has 0 radical (unpaired) electrons. The van der Waals surface area contributed by atoms with Crippen LogP contribution in [0, 0.1) is 46.3 Å². The number of rotatable bonds is 5. The molecule has 232 valence electrons. The Morgan fingerprint density at radius 3 is 2.27 bits per heavy atom. The van der Waals surface area contributed by atoms with Gasteiger partial charge in [-0.2, -0.15) is 19.6 Å². The van der Waals surface area contributed by atoms with Crippen LogP contribution in [0.1, 0.15) is 124 Å². The molecule has 0 N–H and O–H groups in total. The average molecular weight is 577 g/mol. The van der Waals surface area contributed by atoms with Crippen LogP contribution >= 0.6 is 0 Å². The summed E-state index contributed by atoms with van der Waals surface area (Å²) in [5.41, 5.74) is 0.0439. The van der Waals surface area contributed by atoms with E-state index in [1.54, 1.807) is 6.92 Å². The molecule has 1 saturated heterocycles. The summed E-state index contributed by atoms with van der Waals surface area (Å²) in [4.78, 5) is 48.6. The number of methoxy groups -OCH3 is 1. The Bertz CT molecular complexity index is 982. The molecule has 1 aliphatic heterocycles. The first kappa shape index (κ1) is 29.8. The van der Waals surface area contributed by atoms with E-state index in [0.29, 0.717) is 41.9 Å². The predicted octanol–water partition coefficient (Wildman–Crippen LogP) is 7.04. The van der Waals surface area contributed by atoms with Crippen LogP contribution in [-0.4, -0.2) is 36.7 Å². The Hall–Kier alpha value is -1.22. The highest BCUT2D eigenvalue weighted by atomic mass is 17.4. The second-order valence-electron chi connectivity index (χ2n) is 15.1. The lowest BCUT2D eigenvalue weighted by Crippen LogP contribution is -2.62. The lowest BCUT2D eigenvalue weighted by Gasteiger charge is -2.63. The van der Waals surface area contributed by atoms with Crippen molar-refractivity contribution >= 4 is 11.9 Å². The van der Waals surface area contributed by atoms with Crippen molar-refractivity contribution in [3.8, 4) is 0 Å². The summed E-state index contributed by atoms with van der Waals surface area (Å²) >= 11 is 0. The van der Waals surface area contributed by atoms with E-state index in [0.717, 1.165) is 70.6 Å². The van der Waals surface area contributed by atoms with Crippen molar-refractivity contribution in [2.45, 2.75) is 142 Å². The Morgan fingerprint density at radius 2 is 1.59 bits per heavy atom. The maximum atomic E-state index is 12.5. The first-order valence-electron chi connectivity index (χ1n) is 16.5. The maximum Gasteiger partial charge on any atom is 0.305 e. The van der Waals surface area contributed by atoms with Crippen molar-refractivity contribution in [3.63, 3.8) is 0 Å². The number of carbonyl (C=O) groups is 2. The molecule has 4 unspecified atom stereocenters. The smallest absolute Gasteiger partial charge is 0.305 e. The van der Waals surface area contributed by atoms with Crippen molar-refractivity contribution in [1.82, 2.24) is 0 Å². The molecule has 1 heterocycles. The van der Waals surface area contributed by atoms with Gasteiger partial charge in [0.2, 0.25) is 11.6 Å². The fourth-order valence-electron chi connectivity index (χ4n) is 10.9. The van der Waals surface area contributed by atoms with Crippen molar-refractivity contribution in [1.29, 1.82) is 0 Å². The van der Waals surface area contributed by atoms with Crippen molar-refractivity contribution in [3.05, 3.63) is 0 Å². The monoisotopic (exact) mass is 576 g/mol. The lowest BCUT2D eigenvalue weighted by atomic mass is 9.43. The van der Waals surface area contributed by atoms with Crippen LogP contribution in [0.5, 0.6) is 0 Å². The minimum atomic E-state index is -0.828. The fourth-order valence-corrected chi connectivity index (χ4v) is 10.9. The topological polar surface area (TPSA) is 89.5 Å². The van der Waals surface area contributed by atoms with Gasteiger partial charge >= 0.3 is 11.9 Å². The molecule has 6 rings (SSSR count). The normalized spacial score (nSPS) is 43.4. The molecule has 8 nitrogen and oxygen atoms in total. The van der Waals surface area contributed by atoms with Crippen molar-refractivity contribution in [2.75, 3.05) is 7.11 Å². The number of hydrogen-bond donors (Lipinski definition) is 0. The number of ether oxygens (including phenoxy) is 2. The number of esters is 2. The summed E-state index contributed by atoms with van der Waals surface area (Å²) in [6, 6.07) is 0. The summed E-state index contributed by atoms with van der Waals surface area (Å²) in [6.45, 7) is 8.72. The molecular formula is C33H52O8. The first-order chi connectivity index (χ1) is 19.5. The number of hydrogen-bond acceptors (Lipinski definition) is 8. The zero-order valence-corrected chi connectivity index (χ0v) is 25.9. The standard InChI is InChI=1S/C33H52O8/c1-21(9-14-29(35)36-5)25-12-13-26-24-11-10-23-20-33(40-38-32(39-41-33)15-7-6-8-16-32)18-17-30(23,3)27(24)19-28(31(25,26)4)37-22(2)34/h21,23-28H,6-20H2,1-5H3/t21?,23-,24?,25-,26?,27?,28+,30+,31-/m1/s1. The molecule has 6 fully saturated rings. The SMILES string of the molecule is COC(=O)CCC(C)[C@H]1CCC2C3CC[C@@H]4CC5(CC[C@]4(C)C3C[C@H](OC(C)=O)[C@@]21C)OOC1(CCCCC1)OO5. The molecule has 0 aromatic rings. The van der Waals surface area contributed by atoms with Gasteiger partial charge in [-0.25, -0.2) is 0 Å². The average Bonchev–Trinajstić information content (AvgIpc) is 3.33. The summed E-state index contributed by atoms with van der Waals surface area (Å²) in [5, 5.41) is 0. The zero-order chi connectivity index (χ0) is 29.0. The third-order valence-corrected chi connectivity index (χ3v) is 13.1. The fraction of sp³-hybridized carbons (Fsp3) is 0.939. The highest BCUT2D eigenvalue weighted by molar-refractivity contribution is 5.69. The Balaban J connectivity index is 1.19. The molecule has 5 aliphatic carbocycles. The molecule has 5 saturated carbocycles. The molecule has 41 heavy (non-hydrogen) atoms. The molecular weight excluding hydrogens is 524 g/mol. The van der Waals surface area contributed by atoms with E-state index < -0.39 is 11.6 Å². The second-order valence-corrected chi connectivity index (χ2v) is 15.1. The van der Waals surface area contributed by atoms with Gasteiger partial charge in [0.1, 0.15) is 6.10 Å². The van der Waals surface area contributed by atoms with Crippen molar-refractivity contribution < 1.29 is 38.6 Å². The zero-order valence-electron chi connectivity index (χ0n) is 25.9. The third kappa shape index (κ3) is 5.06. The second kappa shape index (κ2) is 11.0. The van der Waals surface area contributed by atoms with Gasteiger partial charge in [0.15, 0.2) is 0 Å². The van der Waals surface area contributed by atoms with Gasteiger partial charge in [0.05, 0.1) is 7.11 Å². The van der Waals surface area contributed by atoms with Crippen LogP contribution in [0.2, 0.25) is 0 Å². The Labute approximate surface area is 245 Å². The highest BCUT2D eigenvalue weighted by Gasteiger charge is 2.66. The van der Waals surface area contributed by atoms with Gasteiger partial charge in [0.25, 0.3) is 0 Å². The largest absolute Gasteiger partial charge is 0.469 e. The van der Waals surface area contributed by atoms with E-state index in [2.05, 4.69) is 20.8 Å². The summed E-state index contributed by atoms with van der Waals surface area (Å²) in [6.07, 6.45) is 14.1. The number of carbonyl (C=O) groups excluding carboxylic acids is 2. The summed E-state index contributed by atoms with van der Waals surface area (Å²) < 4.78 is 11.2. The highest BCUT2D eigenvalue weighted by Crippen LogP contribution is 2.70. The van der Waals surface area contributed by atoms with E-state index >= 15 is 0 Å². The van der Waals surface area contributed by atoms with Crippen LogP contribution in [0.3, 0.4) is 0 Å². The van der Waals surface area contributed by atoms with Crippen LogP contribution in [0.4, 0.5) is 0 Å². The Morgan fingerprint density at radius 1 is 0.878 bits per heavy atom. The van der Waals surface area contributed by atoms with E-state index in [9.17, 15) is 9.59 Å². The van der Waals surface area contributed by atoms with Gasteiger partial charge < -0.3 is 9.47 Å². The Kier molecular flexibility index (Phi) is 8.04. The van der Waals surface area contributed by atoms with Crippen LogP contribution in [0.15, 0.2) is 0 Å². The van der Waals surface area contributed by atoms with E-state index in [-0.39, 0.29) is 28.9 Å². The van der Waals surface area contributed by atoms with Gasteiger partial charge in [-0.05, 0) is 98.7 Å². The van der Waals surface area contributed by atoms with Gasteiger partial charge in [0, 0.05) is 44.4 Å². The summed E-state index contributed by atoms with van der Waals surface area (Å²) in [5.74, 6) is 0.956. The van der Waals surface area contributed by atoms with Gasteiger partial charge in [-0.3, -0.25) is 9.59 Å². The predicted molar refractivity (Wildman–Crippen MR) is 149 cm³/mol. The summed E-state index contributed by atoms with van der Waals surface area (Å²) in [7, 11) is 1.46. The molecule has 0 aromatic carbocycles. The minimum absolute atomic E-state index is 0.0763. The van der Waals surface area contributed by atoms with Gasteiger partial charge in [-0.15, -0.1) is 0 Å². The quantitative estimate of drug-likeness (QED) is 0.254. The van der Waals surface area contributed by atoms with E-state index in [1.807, 2.05) is 0 Å². The minimum Gasteiger partial charge on any atom is -0.469 e. The first-order valence-corrected chi connectivity index (χ1v) is 16.5. The molecule has 6 aliphatic rings. The van der Waals surface area contributed by atoms with Crippen LogP contribution in [-0.2, 0) is 38.6 Å². The lowest BCUT2D eigenvalue weighted by molar-refractivity contribution is -0.665. The molecule has 0 amide bonds. The van der Waals surface area contributed by atoms with Crippen LogP contribution in [0.25, 0.3) is 0 Å². The molecule has 9 atom stereocenters. The molecule has 0 bridgehead atoms. The molecule has 0 aromatic heterocycles. The van der Waals surface area contributed by atoms with Gasteiger partial charge in [-0.1, -0.05) is 27.2 Å².